The molecule has 4 atom stereocenters. The smallest absolute Gasteiger partial charge is 0.330 e. The molecule has 0 unspecified atom stereocenters. The van der Waals surface area contributed by atoms with E-state index in [1.165, 1.54) is 0 Å². The number of aliphatic hydroxyl groups is 3. The van der Waals surface area contributed by atoms with Crippen molar-refractivity contribution in [2.75, 3.05) is 6.61 Å². The van der Waals surface area contributed by atoms with Crippen LogP contribution in [0.4, 0.5) is 0 Å². The third-order valence-electron chi connectivity index (χ3n) is 3.45. The molecule has 127 valence electrons. The zero-order valence-corrected chi connectivity index (χ0v) is 11.7. The number of aliphatic hydroxyl groups excluding tert-OH is 3. The number of hydrogen-bond acceptors (Lipinski definition) is 8. The molecule has 1 aromatic rings. The number of H-pyrrole nitrogens is 1. The summed E-state index contributed by atoms with van der Waals surface area (Å²) in [5, 5.41) is 37.4. The second-order valence-electron chi connectivity index (χ2n) is 5.03. The van der Waals surface area contributed by atoms with Gasteiger partial charge in [-0.1, -0.05) is 0 Å². The van der Waals surface area contributed by atoms with E-state index in [1.807, 2.05) is 4.98 Å². The number of aromatic amines is 1. The number of nitrogens with two attached hydrogens (primary N) is 1. The number of nitrogens with one attached hydrogen (secondary N) is 1. The van der Waals surface area contributed by atoms with Gasteiger partial charge in [-0.05, 0) is 0 Å². The number of nitrogens with zero attached hydrogens (tertiary/aromatic N) is 1. The van der Waals surface area contributed by atoms with E-state index >= 15 is 0 Å². The average Bonchev–Trinajstić information content (AvgIpc) is 2.74. The highest BCUT2D eigenvalue weighted by Crippen LogP contribution is 2.28. The van der Waals surface area contributed by atoms with Crippen molar-refractivity contribution in [3.63, 3.8) is 0 Å². The van der Waals surface area contributed by atoms with Gasteiger partial charge in [0.2, 0.25) is 0 Å². The summed E-state index contributed by atoms with van der Waals surface area (Å²) in [6.45, 7) is -0.590. The van der Waals surface area contributed by atoms with E-state index in [0.29, 0.717) is 0 Å². The van der Waals surface area contributed by atoms with E-state index in [-0.39, 0.29) is 11.6 Å². The lowest BCUT2D eigenvalue weighted by Gasteiger charge is -2.18. The van der Waals surface area contributed by atoms with Crippen LogP contribution in [0, 0.1) is 6.04 Å². The van der Waals surface area contributed by atoms with Crippen LogP contribution < -0.4 is 17.0 Å². The molecule has 0 bridgehead atoms. The summed E-state index contributed by atoms with van der Waals surface area (Å²) in [4.78, 5) is 36.2. The number of carbonyl (C=O) groups is 1. The summed E-state index contributed by atoms with van der Waals surface area (Å²) in [6, 6.07) is -0.292. The second kappa shape index (κ2) is 6.60. The molecule has 1 fully saturated rings. The summed E-state index contributed by atoms with van der Waals surface area (Å²) in [5.74, 6) is -1.27. The third kappa shape index (κ3) is 3.33. The van der Waals surface area contributed by atoms with Gasteiger partial charge in [-0.15, -0.1) is 0 Å². The molecule has 2 heterocycles. The summed E-state index contributed by atoms with van der Waals surface area (Å²) >= 11 is 0. The lowest BCUT2D eigenvalue weighted by Crippen LogP contribution is -2.40. The maximum atomic E-state index is 11.9. The third-order valence-corrected chi connectivity index (χ3v) is 3.45. The van der Waals surface area contributed by atoms with Crippen LogP contribution in [0.25, 0.3) is 0 Å². The van der Waals surface area contributed by atoms with Crippen LogP contribution in [-0.2, 0) is 9.53 Å². The molecule has 0 saturated carbocycles. The second-order valence-corrected chi connectivity index (χ2v) is 5.03. The molecule has 0 amide bonds. The predicted octanol–water partition coefficient (Wildman–Crippen LogP) is -3.54. The number of carboxylic acids is 1. The Morgan fingerprint density at radius 1 is 1.35 bits per heavy atom. The molecule has 23 heavy (non-hydrogen) atoms. The van der Waals surface area contributed by atoms with Gasteiger partial charge in [0, 0.05) is 6.20 Å². The quantitative estimate of drug-likeness (QED) is 0.317. The molecule has 1 aromatic heterocycles. The van der Waals surface area contributed by atoms with Crippen LogP contribution in [0.1, 0.15) is 18.2 Å². The molecule has 7 N–H and O–H groups in total. The Morgan fingerprint density at radius 3 is 2.52 bits per heavy atom. The maximum Gasteiger partial charge on any atom is 0.330 e. The summed E-state index contributed by atoms with van der Waals surface area (Å²) in [6.07, 6.45) is -5.14. The first-order valence-corrected chi connectivity index (χ1v) is 6.57. The van der Waals surface area contributed by atoms with Gasteiger partial charge in [0.1, 0.15) is 18.3 Å². The van der Waals surface area contributed by atoms with Gasteiger partial charge in [-0.25, -0.2) is 4.79 Å². The van der Waals surface area contributed by atoms with E-state index < -0.39 is 54.8 Å². The van der Waals surface area contributed by atoms with Crippen LogP contribution in [0.15, 0.2) is 15.8 Å². The highest BCUT2D eigenvalue weighted by molar-refractivity contribution is 5.70. The minimum atomic E-state index is -1.54. The van der Waals surface area contributed by atoms with Crippen LogP contribution in [0.5, 0.6) is 0 Å². The number of aromatic nitrogens is 2. The number of carboxylic acid groups (broad SMARTS) is 1. The Kier molecular flexibility index (Phi) is 4.97. The predicted molar refractivity (Wildman–Crippen MR) is 73.1 cm³/mol. The monoisotopic (exact) mass is 330 g/mol. The standard InChI is InChI=1S/C12H16N3O8/c13-5(1-7(17)18)4-2-15(12(22)14-10(4)21)11-9(20)8(19)6(3-16)23-11/h2,6,8-9,11,16,19-20H,1,3,13H2,(H,17,18)(H,14,21,22)/t6-,8-,9-,11-/m1/s1. The zero-order valence-electron chi connectivity index (χ0n) is 11.7. The Balaban J connectivity index is 2.42. The van der Waals surface area contributed by atoms with Gasteiger partial charge < -0.3 is 30.9 Å². The van der Waals surface area contributed by atoms with E-state index in [0.717, 1.165) is 10.8 Å². The summed E-state index contributed by atoms with van der Waals surface area (Å²) < 4.78 is 5.96. The van der Waals surface area contributed by atoms with Crippen molar-refractivity contribution in [1.29, 1.82) is 0 Å². The fourth-order valence-electron chi connectivity index (χ4n) is 2.27. The first-order chi connectivity index (χ1) is 10.8. The first kappa shape index (κ1) is 17.3. The number of hydrogen-bond donors (Lipinski definition) is 6. The molecular formula is C12H16N3O8. The Labute approximate surface area is 128 Å². The van der Waals surface area contributed by atoms with Crippen LogP contribution in [-0.4, -0.2) is 60.9 Å². The Morgan fingerprint density at radius 2 is 2.00 bits per heavy atom. The number of aliphatic carboxylic acids is 1. The molecule has 1 radical (unpaired) electrons. The van der Waals surface area contributed by atoms with Crippen molar-refractivity contribution < 1.29 is 30.0 Å². The molecule has 1 aliphatic rings. The lowest BCUT2D eigenvalue weighted by atomic mass is 10.1. The zero-order chi connectivity index (χ0) is 17.3. The molecule has 0 aromatic carbocycles. The average molecular weight is 330 g/mol. The molecule has 0 spiro atoms. The van der Waals surface area contributed by atoms with Crippen molar-refractivity contribution >= 4 is 5.97 Å². The highest BCUT2D eigenvalue weighted by Gasteiger charge is 2.44. The fourth-order valence-corrected chi connectivity index (χ4v) is 2.27. The molecule has 11 nitrogen and oxygen atoms in total. The summed E-state index contributed by atoms with van der Waals surface area (Å²) in [5.41, 5.74) is 3.42. The van der Waals surface area contributed by atoms with E-state index in [1.54, 1.807) is 0 Å². The Bertz CT molecular complexity index is 698. The van der Waals surface area contributed by atoms with Crippen molar-refractivity contribution in [1.82, 2.24) is 9.55 Å². The molecule has 11 heteroatoms. The fraction of sp³-hybridized carbons (Fsp3) is 0.500. The van der Waals surface area contributed by atoms with Crippen LogP contribution in [0.3, 0.4) is 0 Å². The van der Waals surface area contributed by atoms with Gasteiger partial charge in [0.05, 0.1) is 24.6 Å². The Hall–Kier alpha value is -2.05. The van der Waals surface area contributed by atoms with Crippen molar-refractivity contribution in [2.45, 2.75) is 31.0 Å². The molecule has 0 aliphatic carbocycles. The van der Waals surface area contributed by atoms with Gasteiger partial charge in [0.15, 0.2) is 6.23 Å². The van der Waals surface area contributed by atoms with Crippen molar-refractivity contribution in [3.8, 4) is 0 Å². The molecule has 1 saturated heterocycles. The first-order valence-electron chi connectivity index (χ1n) is 6.57. The lowest BCUT2D eigenvalue weighted by molar-refractivity contribution is -0.136. The van der Waals surface area contributed by atoms with E-state index in [9.17, 15) is 24.6 Å². The van der Waals surface area contributed by atoms with Crippen molar-refractivity contribution in [3.05, 3.63) is 38.6 Å². The van der Waals surface area contributed by atoms with Crippen molar-refractivity contribution in [2.24, 2.45) is 5.73 Å². The van der Waals surface area contributed by atoms with Gasteiger partial charge in [-0.2, -0.15) is 0 Å². The normalized spacial score (nSPS) is 27.5. The van der Waals surface area contributed by atoms with E-state index in [4.69, 9.17) is 20.7 Å². The topological polar surface area (TPSA) is 188 Å². The minimum Gasteiger partial charge on any atom is -0.481 e. The van der Waals surface area contributed by atoms with Crippen LogP contribution >= 0.6 is 0 Å². The minimum absolute atomic E-state index is 0.273. The highest BCUT2D eigenvalue weighted by atomic mass is 16.6. The maximum absolute atomic E-state index is 11.9. The number of rotatable bonds is 5. The van der Waals surface area contributed by atoms with Gasteiger partial charge in [0.25, 0.3) is 5.56 Å². The molecular weight excluding hydrogens is 314 g/mol. The molecule has 2 rings (SSSR count). The SMILES string of the molecule is N[C](CC(=O)O)c1cn([C@@H]2O[C@H](CO)[C@@H](O)[C@H]2O)c(=O)[nH]c1=O. The van der Waals surface area contributed by atoms with E-state index in [2.05, 4.69) is 0 Å². The summed E-state index contributed by atoms with van der Waals surface area (Å²) in [7, 11) is 0. The van der Waals surface area contributed by atoms with Gasteiger partial charge >= 0.3 is 11.7 Å². The van der Waals surface area contributed by atoms with Gasteiger partial charge in [-0.3, -0.25) is 19.1 Å². The van der Waals surface area contributed by atoms with Crippen LogP contribution in [0.2, 0.25) is 0 Å². The molecule has 1 aliphatic heterocycles. The number of ether oxygens (including phenoxy) is 1. The largest absolute Gasteiger partial charge is 0.481 e.